The summed E-state index contributed by atoms with van der Waals surface area (Å²) in [6.45, 7) is 9.76. The first-order valence-electron chi connectivity index (χ1n) is 7.53. The van der Waals surface area contributed by atoms with Crippen molar-refractivity contribution in [3.63, 3.8) is 0 Å². The van der Waals surface area contributed by atoms with Crippen molar-refractivity contribution < 1.29 is 9.47 Å². The van der Waals surface area contributed by atoms with Gasteiger partial charge in [-0.2, -0.15) is 5.26 Å². The van der Waals surface area contributed by atoms with Crippen LogP contribution in [0.1, 0.15) is 39.5 Å². The molecular weight excluding hydrogens is 250 g/mol. The minimum Gasteiger partial charge on any atom is -0.347 e. The number of hydrogen-bond acceptors (Lipinski definition) is 3. The van der Waals surface area contributed by atoms with Gasteiger partial charge in [0.1, 0.15) is 0 Å². The number of allylic oxidation sites excluding steroid dienone is 2. The number of nitrogens with zero attached hydrogens (tertiary/aromatic N) is 1. The minimum atomic E-state index is -0.414. The Morgan fingerprint density at radius 3 is 2.70 bits per heavy atom. The summed E-state index contributed by atoms with van der Waals surface area (Å²) in [5.74, 6) is -0.0234. The van der Waals surface area contributed by atoms with E-state index < -0.39 is 5.79 Å². The fraction of sp³-hybridized carbons (Fsp3) is 0.706. The Morgan fingerprint density at radius 1 is 1.40 bits per heavy atom. The van der Waals surface area contributed by atoms with Gasteiger partial charge in [0, 0.05) is 18.3 Å². The molecule has 0 amide bonds. The molecule has 0 N–H and O–H groups in total. The van der Waals surface area contributed by atoms with Crippen LogP contribution in [0.2, 0.25) is 0 Å². The molecule has 0 aromatic rings. The third-order valence-corrected chi connectivity index (χ3v) is 5.48. The van der Waals surface area contributed by atoms with E-state index in [1.807, 2.05) is 0 Å². The third-order valence-electron chi connectivity index (χ3n) is 5.48. The second-order valence-corrected chi connectivity index (χ2v) is 6.76. The molecule has 1 aliphatic heterocycles. The predicted molar refractivity (Wildman–Crippen MR) is 76.7 cm³/mol. The lowest BCUT2D eigenvalue weighted by atomic mass is 9.57. The molecule has 3 nitrogen and oxygen atoms in total. The standard InChI is InChI=1S/C17H23NO2/c1-12(2)13-8-14-10-17(19-6-7-20-17)5-4-16(14,3)15(9-13)11-18/h8,13,15H,1,4-7,9-10H2,2-3H3/t13-,15-,16+/m0/s1. The van der Waals surface area contributed by atoms with Crippen LogP contribution < -0.4 is 0 Å². The molecule has 3 atom stereocenters. The van der Waals surface area contributed by atoms with Crippen LogP contribution in [0.15, 0.2) is 23.8 Å². The van der Waals surface area contributed by atoms with E-state index in [1.165, 1.54) is 5.57 Å². The lowest BCUT2D eigenvalue weighted by molar-refractivity contribution is -0.179. The van der Waals surface area contributed by atoms with Crippen LogP contribution in [0.5, 0.6) is 0 Å². The van der Waals surface area contributed by atoms with E-state index in [1.54, 1.807) is 0 Å². The first-order valence-corrected chi connectivity index (χ1v) is 7.53. The second kappa shape index (κ2) is 4.72. The average Bonchev–Trinajstić information content (AvgIpc) is 2.87. The van der Waals surface area contributed by atoms with Gasteiger partial charge in [0.15, 0.2) is 5.79 Å². The molecule has 0 unspecified atom stereocenters. The van der Waals surface area contributed by atoms with Gasteiger partial charge < -0.3 is 9.47 Å². The number of rotatable bonds is 1. The van der Waals surface area contributed by atoms with E-state index in [-0.39, 0.29) is 11.3 Å². The zero-order valence-electron chi connectivity index (χ0n) is 12.4. The van der Waals surface area contributed by atoms with Crippen molar-refractivity contribution >= 4 is 0 Å². The molecule has 1 heterocycles. The van der Waals surface area contributed by atoms with Crippen LogP contribution in [0.25, 0.3) is 0 Å². The van der Waals surface area contributed by atoms with E-state index in [0.29, 0.717) is 19.1 Å². The summed E-state index contributed by atoms with van der Waals surface area (Å²) < 4.78 is 11.7. The van der Waals surface area contributed by atoms with Gasteiger partial charge in [-0.15, -0.1) is 0 Å². The Bertz CT molecular complexity index is 496. The Kier molecular flexibility index (Phi) is 3.27. The Balaban J connectivity index is 1.95. The topological polar surface area (TPSA) is 42.2 Å². The average molecular weight is 273 g/mol. The molecular formula is C17H23NO2. The van der Waals surface area contributed by atoms with Crippen LogP contribution in [0.3, 0.4) is 0 Å². The van der Waals surface area contributed by atoms with Crippen molar-refractivity contribution in [1.82, 2.24) is 0 Å². The van der Waals surface area contributed by atoms with Crippen molar-refractivity contribution in [3.8, 4) is 6.07 Å². The summed E-state index contributed by atoms with van der Waals surface area (Å²) in [4.78, 5) is 0. The fourth-order valence-electron chi connectivity index (χ4n) is 3.95. The van der Waals surface area contributed by atoms with Gasteiger partial charge in [-0.05, 0) is 25.7 Å². The summed E-state index contributed by atoms with van der Waals surface area (Å²) in [5.41, 5.74) is 2.48. The van der Waals surface area contributed by atoms with Gasteiger partial charge in [0.25, 0.3) is 0 Å². The number of hydrogen-bond donors (Lipinski definition) is 0. The van der Waals surface area contributed by atoms with Gasteiger partial charge >= 0.3 is 0 Å². The molecule has 0 bridgehead atoms. The molecule has 1 saturated heterocycles. The molecule has 0 radical (unpaired) electrons. The summed E-state index contributed by atoms with van der Waals surface area (Å²) in [6, 6.07) is 2.54. The predicted octanol–water partition coefficient (Wildman–Crippen LogP) is 3.58. The van der Waals surface area contributed by atoms with Gasteiger partial charge in [-0.25, -0.2) is 0 Å². The molecule has 2 fully saturated rings. The van der Waals surface area contributed by atoms with Gasteiger partial charge in [0.05, 0.1) is 25.2 Å². The summed E-state index contributed by atoms with van der Waals surface area (Å²) >= 11 is 0. The van der Waals surface area contributed by atoms with Crippen molar-refractivity contribution in [3.05, 3.63) is 23.8 Å². The summed E-state index contributed by atoms with van der Waals surface area (Å²) in [5, 5.41) is 9.58. The SMILES string of the molecule is C=C(C)[C@H]1C=C2CC3(CC[C@@]2(C)[C@H](C#N)C1)OCCO3. The Morgan fingerprint density at radius 2 is 2.10 bits per heavy atom. The highest BCUT2D eigenvalue weighted by molar-refractivity contribution is 5.30. The zero-order chi connectivity index (χ0) is 14.4. The molecule has 3 rings (SSSR count). The fourth-order valence-corrected chi connectivity index (χ4v) is 3.95. The van der Waals surface area contributed by atoms with E-state index in [4.69, 9.17) is 9.47 Å². The summed E-state index contributed by atoms with van der Waals surface area (Å²) in [6.07, 6.45) is 5.92. The van der Waals surface area contributed by atoms with Crippen LogP contribution in [0.4, 0.5) is 0 Å². The Labute approximate surface area is 121 Å². The molecule has 20 heavy (non-hydrogen) atoms. The highest BCUT2D eigenvalue weighted by Crippen LogP contribution is 2.56. The van der Waals surface area contributed by atoms with Gasteiger partial charge in [0.2, 0.25) is 0 Å². The molecule has 1 spiro atoms. The molecule has 0 aromatic heterocycles. The highest BCUT2D eigenvalue weighted by atomic mass is 16.7. The van der Waals surface area contributed by atoms with E-state index >= 15 is 0 Å². The lowest BCUT2D eigenvalue weighted by Crippen LogP contribution is -2.45. The van der Waals surface area contributed by atoms with Gasteiger partial charge in [-0.1, -0.05) is 30.7 Å². The first kappa shape index (κ1) is 13.9. The quantitative estimate of drug-likeness (QED) is 0.686. The van der Waals surface area contributed by atoms with Crippen molar-refractivity contribution in [1.29, 1.82) is 5.26 Å². The van der Waals surface area contributed by atoms with Crippen molar-refractivity contribution in [2.45, 2.75) is 45.3 Å². The highest BCUT2D eigenvalue weighted by Gasteiger charge is 2.52. The van der Waals surface area contributed by atoms with E-state index in [2.05, 4.69) is 32.6 Å². The maximum Gasteiger partial charge on any atom is 0.172 e. The Hall–Kier alpha value is -1.11. The van der Waals surface area contributed by atoms with Crippen molar-refractivity contribution in [2.24, 2.45) is 17.3 Å². The first-order chi connectivity index (χ1) is 9.49. The molecule has 1 saturated carbocycles. The molecule has 108 valence electrons. The molecule has 2 aliphatic carbocycles. The second-order valence-electron chi connectivity index (χ2n) is 6.76. The maximum absolute atomic E-state index is 9.58. The van der Waals surface area contributed by atoms with E-state index in [9.17, 15) is 5.26 Å². The minimum absolute atomic E-state index is 0.0126. The van der Waals surface area contributed by atoms with Crippen LogP contribution in [-0.4, -0.2) is 19.0 Å². The van der Waals surface area contributed by atoms with Crippen LogP contribution >= 0.6 is 0 Å². The molecule has 3 heteroatoms. The molecule has 0 aromatic carbocycles. The van der Waals surface area contributed by atoms with Gasteiger partial charge in [-0.3, -0.25) is 0 Å². The maximum atomic E-state index is 9.58. The summed E-state index contributed by atoms with van der Waals surface area (Å²) in [7, 11) is 0. The largest absolute Gasteiger partial charge is 0.347 e. The number of ether oxygens (including phenoxy) is 2. The van der Waals surface area contributed by atoms with Crippen LogP contribution in [0, 0.1) is 28.6 Å². The van der Waals surface area contributed by atoms with Crippen LogP contribution in [-0.2, 0) is 9.47 Å². The molecule has 3 aliphatic rings. The normalized spacial score (nSPS) is 39.0. The number of fused-ring (bicyclic) bond motifs is 1. The zero-order valence-corrected chi connectivity index (χ0v) is 12.4. The smallest absolute Gasteiger partial charge is 0.172 e. The third kappa shape index (κ3) is 2.03. The van der Waals surface area contributed by atoms with E-state index in [0.717, 1.165) is 31.3 Å². The number of nitriles is 1. The lowest BCUT2D eigenvalue weighted by Gasteiger charge is -2.49. The van der Waals surface area contributed by atoms with Crippen molar-refractivity contribution in [2.75, 3.05) is 13.2 Å². The monoisotopic (exact) mass is 273 g/mol.